The highest BCUT2D eigenvalue weighted by atomic mass is 31.2. The second-order valence-corrected chi connectivity index (χ2v) is 25.4. The summed E-state index contributed by atoms with van der Waals surface area (Å²) in [5.41, 5.74) is 0. The molecule has 0 heterocycles. The van der Waals surface area contributed by atoms with Crippen LogP contribution in [-0.4, -0.2) is 74.3 Å². The third-order valence-corrected chi connectivity index (χ3v) is 15.9. The van der Waals surface area contributed by atoms with Gasteiger partial charge in [-0.3, -0.25) is 18.6 Å². The predicted molar refractivity (Wildman–Crippen MR) is 346 cm³/mol. The van der Waals surface area contributed by atoms with Crippen molar-refractivity contribution in [3.8, 4) is 0 Å². The summed E-state index contributed by atoms with van der Waals surface area (Å²) in [7, 11) is 1.48. The highest BCUT2D eigenvalue weighted by Crippen LogP contribution is 2.43. The highest BCUT2D eigenvalue weighted by molar-refractivity contribution is 7.47. The fourth-order valence-corrected chi connectivity index (χ4v) is 10.4. The molecule has 0 aromatic rings. The lowest BCUT2D eigenvalue weighted by Crippen LogP contribution is -2.47. The predicted octanol–water partition coefficient (Wildman–Crippen LogP) is 21.2. The van der Waals surface area contributed by atoms with Gasteiger partial charge >= 0.3 is 13.8 Å². The molecule has 3 atom stereocenters. The number of hydrogen-bond donors (Lipinski definition) is 2. The Labute approximate surface area is 495 Å². The topological polar surface area (TPSA) is 111 Å². The third kappa shape index (κ3) is 60.1. The number of hydrogen-bond acceptors (Lipinski definition) is 6. The van der Waals surface area contributed by atoms with E-state index in [9.17, 15) is 19.0 Å². The summed E-state index contributed by atoms with van der Waals surface area (Å²) in [6.07, 6.45) is 77.7. The largest absolute Gasteiger partial charge is 0.472 e. The zero-order valence-corrected chi connectivity index (χ0v) is 54.2. The Morgan fingerprint density at radius 1 is 0.438 bits per heavy atom. The molecule has 0 saturated heterocycles. The zero-order chi connectivity index (χ0) is 58.6. The summed E-state index contributed by atoms with van der Waals surface area (Å²) in [5.74, 6) is -0.534. The first-order chi connectivity index (χ1) is 38.9. The minimum atomic E-state index is -4.46. The molecular formula is C70H130N2O7P+. The quantitative estimate of drug-likeness (QED) is 0.0205. The van der Waals surface area contributed by atoms with Gasteiger partial charge in [-0.1, -0.05) is 267 Å². The minimum Gasteiger partial charge on any atom is -0.456 e. The van der Waals surface area contributed by atoms with Crippen LogP contribution in [0.4, 0.5) is 0 Å². The number of phosphoric acid groups is 1. The van der Waals surface area contributed by atoms with Gasteiger partial charge in [-0.15, -0.1) is 0 Å². The number of quaternary nitrogens is 1. The van der Waals surface area contributed by atoms with Crippen molar-refractivity contribution in [3.05, 3.63) is 72.9 Å². The van der Waals surface area contributed by atoms with E-state index in [0.29, 0.717) is 23.9 Å². The van der Waals surface area contributed by atoms with Gasteiger partial charge < -0.3 is 19.4 Å². The first-order valence-corrected chi connectivity index (χ1v) is 35.3. The van der Waals surface area contributed by atoms with Crippen molar-refractivity contribution in [1.29, 1.82) is 0 Å². The lowest BCUT2D eigenvalue weighted by Gasteiger charge is -2.27. The van der Waals surface area contributed by atoms with Crippen LogP contribution in [0.25, 0.3) is 0 Å². The van der Waals surface area contributed by atoms with Gasteiger partial charge in [0.15, 0.2) is 0 Å². The second kappa shape index (κ2) is 59.6. The number of likely N-dealkylation sites (N-methyl/N-ethyl adjacent to an activating group) is 1. The normalized spacial score (nSPS) is 14.0. The molecule has 1 amide bonds. The van der Waals surface area contributed by atoms with E-state index in [4.69, 9.17) is 13.8 Å². The smallest absolute Gasteiger partial charge is 0.456 e. The lowest BCUT2D eigenvalue weighted by atomic mass is 10.0. The molecule has 466 valence electrons. The van der Waals surface area contributed by atoms with Crippen molar-refractivity contribution in [2.75, 3.05) is 40.9 Å². The number of nitrogens with one attached hydrogen (secondary N) is 1. The molecule has 0 radical (unpaired) electrons. The molecule has 0 bridgehead atoms. The number of carbonyl (C=O) groups excluding carboxylic acids is 2. The number of amides is 1. The standard InChI is InChI=1S/C70H129N2O7P/c1-7-10-13-16-19-22-25-28-30-32-34-35-36-37-39-41-43-45-48-51-54-57-60-63-70(74)79-68(61-58-55-52-49-46-27-24-21-18-15-12-9-3)67(66-78-80(75,76)77-65-64-72(4,5)6)71-69(73)62-59-56-53-50-47-44-42-40-38-33-31-29-26-23-20-17-14-11-8-2/h20,23,28-31,38,40,44,47,58,61,67-68H,7-19,21-22,24-27,32-37,39,41-43,45-46,48-57,59-60,62-66H2,1-6H3,(H-,71,73,75,76)/p+1/b23-20-,30-28+,31-29-,40-38-,47-44-,61-58+. The summed E-state index contributed by atoms with van der Waals surface area (Å²) in [6, 6.07) is -0.867. The van der Waals surface area contributed by atoms with E-state index in [-0.39, 0.29) is 31.5 Å². The van der Waals surface area contributed by atoms with Crippen molar-refractivity contribution in [3.63, 3.8) is 0 Å². The number of nitrogens with zero attached hydrogens (tertiary/aromatic N) is 1. The van der Waals surface area contributed by atoms with Crippen LogP contribution in [0.15, 0.2) is 72.9 Å². The van der Waals surface area contributed by atoms with E-state index < -0.39 is 20.0 Å². The Hall–Kier alpha value is -2.55. The molecule has 2 N–H and O–H groups in total. The summed E-state index contributed by atoms with van der Waals surface area (Å²) in [6.45, 7) is 6.98. The number of esters is 1. The van der Waals surface area contributed by atoms with Crippen LogP contribution in [0.5, 0.6) is 0 Å². The number of ether oxygens (including phenoxy) is 1. The second-order valence-electron chi connectivity index (χ2n) is 24.0. The van der Waals surface area contributed by atoms with Gasteiger partial charge in [0.2, 0.25) is 5.91 Å². The Morgan fingerprint density at radius 2 is 0.762 bits per heavy atom. The number of carbonyl (C=O) groups is 2. The van der Waals surface area contributed by atoms with Crippen LogP contribution in [0, 0.1) is 0 Å². The molecule has 0 saturated carbocycles. The van der Waals surface area contributed by atoms with Crippen molar-refractivity contribution in [2.45, 2.75) is 322 Å². The van der Waals surface area contributed by atoms with E-state index >= 15 is 0 Å². The van der Waals surface area contributed by atoms with Crippen LogP contribution in [0.1, 0.15) is 310 Å². The maximum atomic E-state index is 13.6. The van der Waals surface area contributed by atoms with E-state index in [2.05, 4.69) is 86.8 Å². The van der Waals surface area contributed by atoms with E-state index in [1.54, 1.807) is 0 Å². The fraction of sp³-hybridized carbons (Fsp3) is 0.800. The number of rotatable bonds is 61. The van der Waals surface area contributed by atoms with Gasteiger partial charge in [-0.05, 0) is 102 Å². The summed E-state index contributed by atoms with van der Waals surface area (Å²) in [5, 5.41) is 3.05. The van der Waals surface area contributed by atoms with Gasteiger partial charge in [0.25, 0.3) is 0 Å². The highest BCUT2D eigenvalue weighted by Gasteiger charge is 2.30. The van der Waals surface area contributed by atoms with Crippen LogP contribution < -0.4 is 5.32 Å². The first-order valence-electron chi connectivity index (χ1n) is 33.8. The van der Waals surface area contributed by atoms with Gasteiger partial charge in [-0.2, -0.15) is 0 Å². The van der Waals surface area contributed by atoms with E-state index in [0.717, 1.165) is 77.0 Å². The van der Waals surface area contributed by atoms with Crippen LogP contribution in [0.3, 0.4) is 0 Å². The third-order valence-electron chi connectivity index (χ3n) is 14.9. The molecule has 10 heteroatoms. The summed E-state index contributed by atoms with van der Waals surface area (Å²) < 4.78 is 30.7. The average Bonchev–Trinajstić information content (AvgIpc) is 3.42. The minimum absolute atomic E-state index is 0.0323. The summed E-state index contributed by atoms with van der Waals surface area (Å²) in [4.78, 5) is 37.8. The average molecular weight is 1140 g/mol. The van der Waals surface area contributed by atoms with Gasteiger partial charge in [-0.25, -0.2) is 4.57 Å². The molecule has 0 aliphatic carbocycles. The molecular weight excluding hydrogens is 1010 g/mol. The molecule has 0 aliphatic rings. The van der Waals surface area contributed by atoms with Gasteiger partial charge in [0, 0.05) is 12.8 Å². The van der Waals surface area contributed by atoms with Crippen LogP contribution >= 0.6 is 7.82 Å². The molecule has 0 aromatic carbocycles. The van der Waals surface area contributed by atoms with E-state index in [1.165, 1.54) is 193 Å². The molecule has 80 heavy (non-hydrogen) atoms. The zero-order valence-electron chi connectivity index (χ0n) is 53.3. The SMILES string of the molecule is CCCCC/C=C\C/C=C\C/C=C\C/C=C\CCCCCC(=O)NC(COP(=O)(O)OCC[N+](C)(C)C)C(/C=C/CCCCCCCCCCCC)OC(=O)CCCCCCCCCCCCCCC/C=C/CCCCCCCC. The van der Waals surface area contributed by atoms with Crippen LogP contribution in [0.2, 0.25) is 0 Å². The summed E-state index contributed by atoms with van der Waals surface area (Å²) >= 11 is 0. The Kier molecular flexibility index (Phi) is 57.7. The van der Waals surface area contributed by atoms with Gasteiger partial charge in [0.05, 0.1) is 33.8 Å². The molecule has 3 unspecified atom stereocenters. The number of unbranched alkanes of at least 4 members (excludes halogenated alkanes) is 35. The number of phosphoric ester groups is 1. The molecule has 0 spiro atoms. The monoisotopic (exact) mass is 1140 g/mol. The van der Waals surface area contributed by atoms with E-state index in [1.807, 2.05) is 33.3 Å². The molecule has 0 aromatic heterocycles. The van der Waals surface area contributed by atoms with Crippen molar-refractivity contribution < 1.29 is 37.3 Å². The maximum Gasteiger partial charge on any atom is 0.472 e. The van der Waals surface area contributed by atoms with Crippen molar-refractivity contribution in [1.82, 2.24) is 5.32 Å². The first kappa shape index (κ1) is 77.5. The van der Waals surface area contributed by atoms with Crippen molar-refractivity contribution in [2.24, 2.45) is 0 Å². The lowest BCUT2D eigenvalue weighted by molar-refractivity contribution is -0.870. The molecule has 0 rings (SSSR count). The number of allylic oxidation sites excluding steroid dienone is 11. The molecule has 0 aliphatic heterocycles. The molecule has 0 fully saturated rings. The fourth-order valence-electron chi connectivity index (χ4n) is 9.63. The Morgan fingerprint density at radius 3 is 1.19 bits per heavy atom. The maximum absolute atomic E-state index is 13.6. The molecule has 9 nitrogen and oxygen atoms in total. The van der Waals surface area contributed by atoms with Gasteiger partial charge in [0.1, 0.15) is 19.3 Å². The van der Waals surface area contributed by atoms with Crippen LogP contribution in [-0.2, 0) is 27.9 Å². The Bertz CT molecular complexity index is 1600. The Balaban J connectivity index is 5.18. The van der Waals surface area contributed by atoms with Crippen molar-refractivity contribution >= 4 is 19.7 Å².